The Morgan fingerprint density at radius 3 is 2.29 bits per heavy atom. The summed E-state index contributed by atoms with van der Waals surface area (Å²) in [5, 5.41) is 0. The van der Waals surface area contributed by atoms with E-state index in [0.29, 0.717) is 5.75 Å². The van der Waals surface area contributed by atoms with E-state index in [0.717, 1.165) is 12.0 Å². The van der Waals surface area contributed by atoms with E-state index in [-0.39, 0.29) is 11.2 Å². The summed E-state index contributed by atoms with van der Waals surface area (Å²) >= 11 is 0. The molecule has 0 bridgehead atoms. The van der Waals surface area contributed by atoms with Gasteiger partial charge in [-0.15, -0.1) is 0 Å². The molecule has 0 heterocycles. The van der Waals surface area contributed by atoms with E-state index in [2.05, 4.69) is 20.8 Å². The van der Waals surface area contributed by atoms with Crippen molar-refractivity contribution >= 4 is 10.1 Å². The number of para-hydroxylation sites is 1. The van der Waals surface area contributed by atoms with E-state index in [4.69, 9.17) is 4.18 Å². The highest BCUT2D eigenvalue weighted by Gasteiger charge is 2.24. The van der Waals surface area contributed by atoms with Crippen LogP contribution in [0.1, 0.15) is 39.7 Å². The zero-order valence-electron chi connectivity index (χ0n) is 10.9. The SMILES string of the molecule is CCC(C)(C)c1ccccc1OS(=O)(=O)CC. The second-order valence-electron chi connectivity index (χ2n) is 4.66. The predicted molar refractivity (Wildman–Crippen MR) is 69.8 cm³/mol. The molecule has 1 aromatic rings. The Morgan fingerprint density at radius 1 is 1.18 bits per heavy atom. The maximum Gasteiger partial charge on any atom is 0.308 e. The molecule has 1 rings (SSSR count). The predicted octanol–water partition coefficient (Wildman–Crippen LogP) is 3.10. The minimum atomic E-state index is -3.46. The average Bonchev–Trinajstić information content (AvgIpc) is 2.29. The summed E-state index contributed by atoms with van der Waals surface area (Å²) in [5.41, 5.74) is 0.833. The van der Waals surface area contributed by atoms with Gasteiger partial charge in [0, 0.05) is 5.56 Å². The Balaban J connectivity index is 3.18. The van der Waals surface area contributed by atoms with Crippen molar-refractivity contribution in [3.63, 3.8) is 0 Å². The largest absolute Gasteiger partial charge is 0.382 e. The Bertz CT molecular complexity index is 475. The molecule has 0 fully saturated rings. The fourth-order valence-electron chi connectivity index (χ4n) is 1.48. The Kier molecular flexibility index (Phi) is 4.20. The molecule has 96 valence electrons. The van der Waals surface area contributed by atoms with E-state index in [1.807, 2.05) is 12.1 Å². The average molecular weight is 256 g/mol. The van der Waals surface area contributed by atoms with Crippen molar-refractivity contribution in [1.82, 2.24) is 0 Å². The second-order valence-corrected chi connectivity index (χ2v) is 6.52. The van der Waals surface area contributed by atoms with Gasteiger partial charge < -0.3 is 4.18 Å². The lowest BCUT2D eigenvalue weighted by atomic mass is 9.82. The van der Waals surface area contributed by atoms with Crippen LogP contribution in [0.3, 0.4) is 0 Å². The highest BCUT2D eigenvalue weighted by molar-refractivity contribution is 7.87. The Hall–Kier alpha value is -1.03. The molecule has 0 unspecified atom stereocenters. The standard InChI is InChI=1S/C13H20O3S/c1-5-13(3,4)11-9-7-8-10-12(11)16-17(14,15)6-2/h7-10H,5-6H2,1-4H3. The molecule has 0 aliphatic rings. The third kappa shape index (κ3) is 3.46. The van der Waals surface area contributed by atoms with Crippen molar-refractivity contribution < 1.29 is 12.6 Å². The van der Waals surface area contributed by atoms with Crippen molar-refractivity contribution in [2.24, 2.45) is 0 Å². The van der Waals surface area contributed by atoms with E-state index in [1.54, 1.807) is 19.1 Å². The van der Waals surface area contributed by atoms with Gasteiger partial charge in [-0.1, -0.05) is 39.0 Å². The van der Waals surface area contributed by atoms with E-state index in [1.165, 1.54) is 0 Å². The molecule has 0 N–H and O–H groups in total. The van der Waals surface area contributed by atoms with Crippen LogP contribution < -0.4 is 4.18 Å². The van der Waals surface area contributed by atoms with Crippen LogP contribution in [0.4, 0.5) is 0 Å². The molecule has 17 heavy (non-hydrogen) atoms. The van der Waals surface area contributed by atoms with Crippen LogP contribution in [0.15, 0.2) is 24.3 Å². The van der Waals surface area contributed by atoms with Crippen LogP contribution in [0.25, 0.3) is 0 Å². The maximum atomic E-state index is 11.5. The van der Waals surface area contributed by atoms with Crippen LogP contribution >= 0.6 is 0 Å². The summed E-state index contributed by atoms with van der Waals surface area (Å²) in [4.78, 5) is 0. The Morgan fingerprint density at radius 2 is 1.76 bits per heavy atom. The molecule has 0 aromatic heterocycles. The summed E-state index contributed by atoms with van der Waals surface area (Å²) in [7, 11) is -3.46. The summed E-state index contributed by atoms with van der Waals surface area (Å²) in [6, 6.07) is 7.32. The summed E-state index contributed by atoms with van der Waals surface area (Å²) in [5.74, 6) is 0.426. The lowest BCUT2D eigenvalue weighted by molar-refractivity contribution is 0.454. The van der Waals surface area contributed by atoms with Gasteiger partial charge >= 0.3 is 10.1 Å². The smallest absolute Gasteiger partial charge is 0.308 e. The molecule has 0 aliphatic heterocycles. The minimum Gasteiger partial charge on any atom is -0.382 e. The first kappa shape index (κ1) is 14.0. The number of rotatable bonds is 5. The maximum absolute atomic E-state index is 11.5. The first-order chi connectivity index (χ1) is 7.82. The van der Waals surface area contributed by atoms with E-state index < -0.39 is 10.1 Å². The number of hydrogen-bond donors (Lipinski definition) is 0. The molecule has 0 radical (unpaired) electrons. The lowest BCUT2D eigenvalue weighted by Gasteiger charge is -2.25. The molecule has 0 atom stereocenters. The van der Waals surface area contributed by atoms with Crippen molar-refractivity contribution in [2.45, 2.75) is 39.5 Å². The molecular formula is C13H20O3S. The first-order valence-corrected chi connectivity index (χ1v) is 7.42. The minimum absolute atomic E-state index is 0.0200. The molecular weight excluding hydrogens is 236 g/mol. The molecule has 1 aromatic carbocycles. The third-order valence-corrected chi connectivity index (χ3v) is 4.21. The molecule has 0 saturated heterocycles. The lowest BCUT2D eigenvalue weighted by Crippen LogP contribution is -2.19. The number of hydrogen-bond acceptors (Lipinski definition) is 3. The van der Waals surface area contributed by atoms with Crippen molar-refractivity contribution in [3.8, 4) is 5.75 Å². The van der Waals surface area contributed by atoms with Crippen molar-refractivity contribution in [2.75, 3.05) is 5.75 Å². The zero-order chi connectivity index (χ0) is 13.1. The van der Waals surface area contributed by atoms with Gasteiger partial charge in [0.15, 0.2) is 0 Å². The third-order valence-electron chi connectivity index (χ3n) is 3.07. The van der Waals surface area contributed by atoms with Crippen LogP contribution in [-0.4, -0.2) is 14.2 Å². The van der Waals surface area contributed by atoms with Gasteiger partial charge in [-0.25, -0.2) is 0 Å². The topological polar surface area (TPSA) is 43.4 Å². The van der Waals surface area contributed by atoms with Crippen LogP contribution in [-0.2, 0) is 15.5 Å². The van der Waals surface area contributed by atoms with Gasteiger partial charge in [0.2, 0.25) is 0 Å². The fourth-order valence-corrected chi connectivity index (χ4v) is 2.02. The van der Waals surface area contributed by atoms with Crippen molar-refractivity contribution in [3.05, 3.63) is 29.8 Å². The molecule has 0 spiro atoms. The quantitative estimate of drug-likeness (QED) is 0.760. The summed E-state index contributed by atoms with van der Waals surface area (Å²) in [6.07, 6.45) is 0.916. The normalized spacial score (nSPS) is 12.5. The van der Waals surface area contributed by atoms with Crippen LogP contribution in [0.2, 0.25) is 0 Å². The number of benzene rings is 1. The molecule has 0 amide bonds. The zero-order valence-corrected chi connectivity index (χ0v) is 11.7. The van der Waals surface area contributed by atoms with Gasteiger partial charge in [0.1, 0.15) is 5.75 Å². The van der Waals surface area contributed by atoms with E-state index >= 15 is 0 Å². The summed E-state index contributed by atoms with van der Waals surface area (Å²) in [6.45, 7) is 7.80. The first-order valence-electron chi connectivity index (χ1n) is 5.84. The van der Waals surface area contributed by atoms with Gasteiger partial charge in [-0.3, -0.25) is 0 Å². The van der Waals surface area contributed by atoms with Gasteiger partial charge in [0.05, 0.1) is 5.75 Å². The van der Waals surface area contributed by atoms with Gasteiger partial charge in [0.25, 0.3) is 0 Å². The Labute approximate surface area is 104 Å². The molecule has 0 saturated carbocycles. The van der Waals surface area contributed by atoms with Crippen LogP contribution in [0.5, 0.6) is 5.75 Å². The van der Waals surface area contributed by atoms with Gasteiger partial charge in [-0.2, -0.15) is 8.42 Å². The fraction of sp³-hybridized carbons (Fsp3) is 0.538. The molecule has 0 aliphatic carbocycles. The second kappa shape index (κ2) is 5.08. The van der Waals surface area contributed by atoms with Gasteiger partial charge in [-0.05, 0) is 24.8 Å². The van der Waals surface area contributed by atoms with E-state index in [9.17, 15) is 8.42 Å². The highest BCUT2D eigenvalue weighted by Crippen LogP contribution is 2.34. The van der Waals surface area contributed by atoms with Crippen LogP contribution in [0, 0.1) is 0 Å². The monoisotopic (exact) mass is 256 g/mol. The molecule has 3 nitrogen and oxygen atoms in total. The summed E-state index contributed by atoms with van der Waals surface area (Å²) < 4.78 is 28.2. The highest BCUT2D eigenvalue weighted by atomic mass is 32.2. The molecule has 4 heteroatoms. The van der Waals surface area contributed by atoms with Crippen molar-refractivity contribution in [1.29, 1.82) is 0 Å².